The first-order valence-electron chi connectivity index (χ1n) is 12.3. The number of aromatic amines is 1. The van der Waals surface area contributed by atoms with E-state index in [9.17, 15) is 13.2 Å². The normalized spacial score (nSPS) is 22.9. The predicted molar refractivity (Wildman–Crippen MR) is 138 cm³/mol. The van der Waals surface area contributed by atoms with Crippen LogP contribution < -0.4 is 10.6 Å². The van der Waals surface area contributed by atoms with E-state index < -0.39 is 6.55 Å². The highest BCUT2D eigenvalue weighted by atomic mass is 35.5. The fraction of sp³-hybridized carbons (Fsp3) is 0.308. The number of piperidine rings is 1. The molecule has 4 heterocycles. The second kappa shape index (κ2) is 8.40. The summed E-state index contributed by atoms with van der Waals surface area (Å²) in [6, 6.07) is 10.2. The largest absolute Gasteiger partial charge is 0.355 e. The molecule has 2 aliphatic rings. The van der Waals surface area contributed by atoms with Crippen LogP contribution in [0.2, 0.25) is 5.02 Å². The van der Waals surface area contributed by atoms with Crippen LogP contribution in [-0.4, -0.2) is 49.6 Å². The number of alkyl halides is 2. The molecule has 1 saturated carbocycles. The number of hydrogen-bond acceptors (Lipinski definition) is 6. The lowest BCUT2D eigenvalue weighted by molar-refractivity contribution is 0.0574. The standard InChI is InChI=1S/C26H22ClF3N8/c27-21-13(5-6-19-14(21)10-38(36-19)25(29)30)22-23-24(35-34-22)33-20(9-32-23)37-8-7-15-17(11-37)26(15,12-31)16-3-1-2-4-18(16)28/h1-6,9-10,15,17,25H,7-8,11-12,31H2,(H,33,34,35)/t15-,17+,26-/m1/s1. The molecule has 38 heavy (non-hydrogen) atoms. The Bertz CT molecular complexity index is 1700. The summed E-state index contributed by atoms with van der Waals surface area (Å²) in [5, 5.41) is 11.8. The molecule has 12 heteroatoms. The lowest BCUT2D eigenvalue weighted by atomic mass is 9.91. The Labute approximate surface area is 219 Å². The number of nitrogens with zero attached hydrogens (tertiary/aromatic N) is 6. The summed E-state index contributed by atoms with van der Waals surface area (Å²) in [7, 11) is 0. The van der Waals surface area contributed by atoms with Crippen LogP contribution in [0.15, 0.2) is 48.8 Å². The minimum atomic E-state index is -2.76. The Morgan fingerprint density at radius 3 is 2.82 bits per heavy atom. The molecule has 0 unspecified atom stereocenters. The molecular weight excluding hydrogens is 517 g/mol. The monoisotopic (exact) mass is 538 g/mol. The van der Waals surface area contributed by atoms with E-state index in [1.807, 2.05) is 12.1 Å². The number of hydrogen-bond donors (Lipinski definition) is 2. The first kappa shape index (κ1) is 23.4. The van der Waals surface area contributed by atoms with Gasteiger partial charge in [-0.15, -0.1) is 0 Å². The van der Waals surface area contributed by atoms with Crippen molar-refractivity contribution in [1.29, 1.82) is 0 Å². The maximum Gasteiger partial charge on any atom is 0.333 e. The van der Waals surface area contributed by atoms with Gasteiger partial charge in [-0.05, 0) is 42.0 Å². The van der Waals surface area contributed by atoms with Crippen LogP contribution in [0.5, 0.6) is 0 Å². The number of nitrogens with one attached hydrogen (secondary N) is 1. The van der Waals surface area contributed by atoms with Crippen LogP contribution >= 0.6 is 11.6 Å². The summed E-state index contributed by atoms with van der Waals surface area (Å²) in [4.78, 5) is 11.6. The second-order valence-corrected chi connectivity index (χ2v) is 10.3. The predicted octanol–water partition coefficient (Wildman–Crippen LogP) is 4.91. The van der Waals surface area contributed by atoms with Gasteiger partial charge >= 0.3 is 6.55 Å². The van der Waals surface area contributed by atoms with Crippen LogP contribution in [0.1, 0.15) is 18.5 Å². The zero-order valence-electron chi connectivity index (χ0n) is 20.0. The molecular formula is C26H22ClF3N8. The zero-order chi connectivity index (χ0) is 26.2. The Balaban J connectivity index is 1.19. The summed E-state index contributed by atoms with van der Waals surface area (Å²) >= 11 is 6.58. The first-order valence-corrected chi connectivity index (χ1v) is 12.7. The maximum absolute atomic E-state index is 14.7. The molecule has 7 rings (SSSR count). The van der Waals surface area contributed by atoms with Crippen molar-refractivity contribution in [1.82, 2.24) is 29.9 Å². The number of fused-ring (bicyclic) bond motifs is 3. The summed E-state index contributed by atoms with van der Waals surface area (Å²) in [5.74, 6) is 1.05. The van der Waals surface area contributed by atoms with Crippen molar-refractivity contribution < 1.29 is 13.2 Å². The maximum atomic E-state index is 14.7. The van der Waals surface area contributed by atoms with Crippen molar-refractivity contribution in [3.63, 3.8) is 0 Å². The summed E-state index contributed by atoms with van der Waals surface area (Å²) in [6.45, 7) is -0.907. The van der Waals surface area contributed by atoms with Crippen LogP contribution in [-0.2, 0) is 5.41 Å². The minimum Gasteiger partial charge on any atom is -0.355 e. The van der Waals surface area contributed by atoms with Gasteiger partial charge in [0.15, 0.2) is 5.65 Å². The van der Waals surface area contributed by atoms with E-state index in [4.69, 9.17) is 22.3 Å². The van der Waals surface area contributed by atoms with E-state index in [0.717, 1.165) is 13.0 Å². The molecule has 2 fully saturated rings. The molecule has 2 aromatic carbocycles. The van der Waals surface area contributed by atoms with Gasteiger partial charge in [-0.25, -0.2) is 19.0 Å². The molecule has 3 atom stereocenters. The molecule has 0 bridgehead atoms. The molecule has 3 N–H and O–H groups in total. The van der Waals surface area contributed by atoms with Crippen molar-refractivity contribution >= 4 is 39.5 Å². The fourth-order valence-electron chi connectivity index (χ4n) is 6.33. The number of anilines is 1. The second-order valence-electron chi connectivity index (χ2n) is 9.92. The molecule has 0 amide bonds. The lowest BCUT2D eigenvalue weighted by Gasteiger charge is -2.26. The Kier molecular flexibility index (Phi) is 5.18. The van der Waals surface area contributed by atoms with Crippen LogP contribution in [0.3, 0.4) is 0 Å². The minimum absolute atomic E-state index is 0.205. The van der Waals surface area contributed by atoms with Gasteiger partial charge in [0.05, 0.1) is 16.7 Å². The number of rotatable bonds is 5. The van der Waals surface area contributed by atoms with Crippen molar-refractivity contribution in [3.05, 3.63) is 65.2 Å². The van der Waals surface area contributed by atoms with Crippen molar-refractivity contribution in [2.24, 2.45) is 17.6 Å². The Morgan fingerprint density at radius 2 is 2.03 bits per heavy atom. The number of nitrogens with two attached hydrogens (primary N) is 1. The number of aromatic nitrogens is 6. The highest BCUT2D eigenvalue weighted by Gasteiger charge is 2.66. The van der Waals surface area contributed by atoms with E-state index in [0.29, 0.717) is 68.4 Å². The van der Waals surface area contributed by atoms with Gasteiger partial charge in [0.25, 0.3) is 0 Å². The topological polar surface area (TPSA) is 102 Å². The van der Waals surface area contributed by atoms with Crippen molar-refractivity contribution in [3.8, 4) is 11.3 Å². The van der Waals surface area contributed by atoms with Gasteiger partial charge in [0.1, 0.15) is 22.8 Å². The third-order valence-electron chi connectivity index (χ3n) is 8.22. The molecule has 0 spiro atoms. The average Bonchev–Trinajstić information content (AvgIpc) is 3.20. The van der Waals surface area contributed by atoms with E-state index in [1.165, 1.54) is 12.3 Å². The molecule has 5 aromatic rings. The summed E-state index contributed by atoms with van der Waals surface area (Å²) in [6.07, 6.45) is 3.79. The molecule has 8 nitrogen and oxygen atoms in total. The smallest absolute Gasteiger partial charge is 0.333 e. The third kappa shape index (κ3) is 3.27. The summed E-state index contributed by atoms with van der Waals surface area (Å²) < 4.78 is 41.5. The lowest BCUT2D eigenvalue weighted by Crippen LogP contribution is -2.32. The van der Waals surface area contributed by atoms with Crippen LogP contribution in [0.4, 0.5) is 19.0 Å². The highest BCUT2D eigenvalue weighted by molar-refractivity contribution is 6.38. The molecule has 1 saturated heterocycles. The summed E-state index contributed by atoms with van der Waals surface area (Å²) in [5.41, 5.74) is 8.94. The van der Waals surface area contributed by atoms with E-state index >= 15 is 0 Å². The van der Waals surface area contributed by atoms with Gasteiger partial charge < -0.3 is 10.6 Å². The fourth-order valence-corrected chi connectivity index (χ4v) is 6.63. The average molecular weight is 539 g/mol. The van der Waals surface area contributed by atoms with Crippen LogP contribution in [0.25, 0.3) is 33.3 Å². The van der Waals surface area contributed by atoms with Crippen molar-refractivity contribution in [2.45, 2.75) is 18.4 Å². The van der Waals surface area contributed by atoms with Crippen LogP contribution in [0, 0.1) is 17.7 Å². The molecule has 3 aromatic heterocycles. The molecule has 194 valence electrons. The van der Waals surface area contributed by atoms with E-state index in [2.05, 4.69) is 25.2 Å². The Hall–Kier alpha value is -3.70. The van der Waals surface area contributed by atoms with Gasteiger partial charge in [-0.3, -0.25) is 5.10 Å². The SMILES string of the molecule is NC[C@]1(c2ccccc2F)[C@@H]2CCN(c3cnc4c(-c5ccc6nn(C(F)F)cc6c5Cl)n[nH]c4n3)C[C@@H]21. The molecule has 1 aliphatic heterocycles. The van der Waals surface area contributed by atoms with Gasteiger partial charge in [0.2, 0.25) is 0 Å². The zero-order valence-corrected chi connectivity index (χ0v) is 20.7. The van der Waals surface area contributed by atoms with Gasteiger partial charge in [-0.1, -0.05) is 29.8 Å². The molecule has 1 aliphatic carbocycles. The van der Waals surface area contributed by atoms with Gasteiger partial charge in [0, 0.05) is 42.2 Å². The van der Waals surface area contributed by atoms with E-state index in [1.54, 1.807) is 24.4 Å². The number of benzene rings is 2. The quantitative estimate of drug-likeness (QED) is 0.330. The van der Waals surface area contributed by atoms with Gasteiger partial charge in [-0.2, -0.15) is 19.0 Å². The first-order chi connectivity index (χ1) is 18.4. The number of H-pyrrole nitrogens is 1. The Morgan fingerprint density at radius 1 is 1.18 bits per heavy atom. The highest BCUT2D eigenvalue weighted by Crippen LogP contribution is 2.63. The third-order valence-corrected chi connectivity index (χ3v) is 8.63. The molecule has 0 radical (unpaired) electrons. The number of halogens is 4. The van der Waals surface area contributed by atoms with E-state index in [-0.39, 0.29) is 22.2 Å². The van der Waals surface area contributed by atoms with Crippen molar-refractivity contribution in [2.75, 3.05) is 24.5 Å².